The normalized spacial score (nSPS) is 25.8. The molecule has 1 aliphatic carbocycles. The number of rotatable bonds is 2. The lowest BCUT2D eigenvalue weighted by Gasteiger charge is -2.16. The maximum atomic E-state index is 3.55. The van der Waals surface area contributed by atoms with Crippen LogP contribution < -0.4 is 0 Å². The molecule has 0 aromatic heterocycles. The van der Waals surface area contributed by atoms with Crippen molar-refractivity contribution in [2.45, 2.75) is 19.3 Å². The van der Waals surface area contributed by atoms with Crippen molar-refractivity contribution in [1.29, 1.82) is 0 Å². The number of allylic oxidation sites excluding steroid dienone is 6. The molecule has 1 atom stereocenters. The van der Waals surface area contributed by atoms with Crippen LogP contribution in [-0.2, 0) is 0 Å². The van der Waals surface area contributed by atoms with Gasteiger partial charge < -0.3 is 0 Å². The van der Waals surface area contributed by atoms with E-state index in [4.69, 9.17) is 0 Å². The number of fused-ring (bicyclic) bond motifs is 1. The molecule has 1 aliphatic rings. The van der Waals surface area contributed by atoms with Gasteiger partial charge in [0.15, 0.2) is 0 Å². The van der Waals surface area contributed by atoms with Crippen LogP contribution in [0.4, 0.5) is 0 Å². The number of hydrogen-bond donors (Lipinski definition) is 0. The van der Waals surface area contributed by atoms with Crippen LogP contribution in [-0.4, -0.2) is 5.33 Å². The highest BCUT2D eigenvalue weighted by atomic mass is 79.9. The molecule has 0 radical (unpaired) electrons. The van der Waals surface area contributed by atoms with E-state index in [2.05, 4.69) is 77.5 Å². The zero-order valence-electron chi connectivity index (χ0n) is 10.1. The summed E-state index contributed by atoms with van der Waals surface area (Å²) in [5.74, 6) is 0.497. The molecule has 0 aliphatic heterocycles. The standard InChI is InChI=1S/C16H17Br/c1-13-7-3-2-4-8-14(11-12-17)16-10-6-5-9-15(13)16/h2-10,14H,11-12H2,1H3/b3-2-,8-4+,13-7+. The Kier molecular flexibility index (Phi) is 4.38. The van der Waals surface area contributed by atoms with Gasteiger partial charge in [0.1, 0.15) is 0 Å². The minimum Gasteiger partial charge on any atom is -0.0928 e. The molecule has 2 rings (SSSR count). The van der Waals surface area contributed by atoms with Crippen molar-refractivity contribution < 1.29 is 0 Å². The van der Waals surface area contributed by atoms with Gasteiger partial charge in [0.2, 0.25) is 0 Å². The molecule has 17 heavy (non-hydrogen) atoms. The monoisotopic (exact) mass is 288 g/mol. The quantitative estimate of drug-likeness (QED) is 0.666. The topological polar surface area (TPSA) is 0 Å². The third-order valence-electron chi connectivity index (χ3n) is 3.12. The van der Waals surface area contributed by atoms with E-state index < -0.39 is 0 Å². The van der Waals surface area contributed by atoms with Crippen LogP contribution in [0, 0.1) is 0 Å². The van der Waals surface area contributed by atoms with Gasteiger partial charge in [-0.05, 0) is 30.0 Å². The Balaban J connectivity index is 2.51. The van der Waals surface area contributed by atoms with Gasteiger partial charge in [0.05, 0.1) is 0 Å². The first-order chi connectivity index (χ1) is 8.33. The van der Waals surface area contributed by atoms with Crippen molar-refractivity contribution in [3.63, 3.8) is 0 Å². The summed E-state index contributed by atoms with van der Waals surface area (Å²) in [6, 6.07) is 8.71. The highest BCUT2D eigenvalue weighted by Crippen LogP contribution is 2.30. The SMILES string of the molecule is C\C1=C/C=C\C=C\C(CCBr)c2ccccc21. The molecule has 1 heteroatoms. The lowest BCUT2D eigenvalue weighted by atomic mass is 9.89. The molecular formula is C16H17Br. The van der Waals surface area contributed by atoms with Crippen molar-refractivity contribution in [2.24, 2.45) is 0 Å². The summed E-state index contributed by atoms with van der Waals surface area (Å²) in [6.45, 7) is 2.18. The second-order valence-electron chi connectivity index (χ2n) is 4.29. The first-order valence-electron chi connectivity index (χ1n) is 6.00. The smallest absolute Gasteiger partial charge is 0.00401 e. The van der Waals surface area contributed by atoms with Crippen molar-refractivity contribution >= 4 is 21.5 Å². The molecule has 0 saturated carbocycles. The summed E-state index contributed by atoms with van der Waals surface area (Å²) in [6.07, 6.45) is 12.0. The van der Waals surface area contributed by atoms with Crippen molar-refractivity contribution in [3.8, 4) is 0 Å². The van der Waals surface area contributed by atoms with Gasteiger partial charge in [-0.1, -0.05) is 70.6 Å². The molecule has 1 unspecified atom stereocenters. The lowest BCUT2D eigenvalue weighted by molar-refractivity contribution is 0.815. The predicted molar refractivity (Wildman–Crippen MR) is 79.5 cm³/mol. The molecule has 0 amide bonds. The van der Waals surface area contributed by atoms with Crippen LogP contribution in [0.25, 0.3) is 5.57 Å². The fraction of sp³-hybridized carbons (Fsp3) is 0.250. The Labute approximate surface area is 112 Å². The van der Waals surface area contributed by atoms with Crippen LogP contribution in [0.1, 0.15) is 30.4 Å². The molecular weight excluding hydrogens is 272 g/mol. The number of benzene rings is 1. The van der Waals surface area contributed by atoms with Gasteiger partial charge in [-0.25, -0.2) is 0 Å². The van der Waals surface area contributed by atoms with Crippen LogP contribution in [0.15, 0.2) is 54.6 Å². The second-order valence-corrected chi connectivity index (χ2v) is 5.08. The molecule has 0 spiro atoms. The second kappa shape index (κ2) is 6.02. The Morgan fingerprint density at radius 3 is 2.76 bits per heavy atom. The average molecular weight is 289 g/mol. The number of alkyl halides is 1. The molecule has 88 valence electrons. The summed E-state index contributed by atoms with van der Waals surface area (Å²) in [5.41, 5.74) is 4.13. The van der Waals surface area contributed by atoms with Gasteiger partial charge >= 0.3 is 0 Å². The average Bonchev–Trinajstić information content (AvgIpc) is 2.43. The molecule has 0 saturated heterocycles. The molecule has 1 aromatic rings. The van der Waals surface area contributed by atoms with Gasteiger partial charge in [0, 0.05) is 11.2 Å². The Morgan fingerprint density at radius 2 is 1.94 bits per heavy atom. The zero-order chi connectivity index (χ0) is 12.1. The highest BCUT2D eigenvalue weighted by molar-refractivity contribution is 9.09. The van der Waals surface area contributed by atoms with E-state index in [-0.39, 0.29) is 0 Å². The minimum absolute atomic E-state index is 0.497. The number of hydrogen-bond acceptors (Lipinski definition) is 0. The van der Waals surface area contributed by atoms with E-state index in [1.54, 1.807) is 0 Å². The maximum absolute atomic E-state index is 3.55. The molecule has 0 fully saturated rings. The Bertz CT molecular complexity index is 466. The van der Waals surface area contributed by atoms with Crippen molar-refractivity contribution in [2.75, 3.05) is 5.33 Å². The number of halogens is 1. The summed E-state index contributed by atoms with van der Waals surface area (Å²) in [4.78, 5) is 0. The van der Waals surface area contributed by atoms with Gasteiger partial charge in [-0.2, -0.15) is 0 Å². The van der Waals surface area contributed by atoms with Crippen molar-refractivity contribution in [1.82, 2.24) is 0 Å². The van der Waals surface area contributed by atoms with Crippen LogP contribution >= 0.6 is 15.9 Å². The predicted octanol–water partition coefficient (Wildman–Crippen LogP) is 5.08. The summed E-state index contributed by atoms with van der Waals surface area (Å²) in [5, 5.41) is 1.03. The zero-order valence-corrected chi connectivity index (χ0v) is 11.7. The van der Waals surface area contributed by atoms with Crippen LogP contribution in [0.2, 0.25) is 0 Å². The Morgan fingerprint density at radius 1 is 1.12 bits per heavy atom. The van der Waals surface area contributed by atoms with Crippen LogP contribution in [0.5, 0.6) is 0 Å². The molecule has 0 bridgehead atoms. The Hall–Kier alpha value is -1.08. The molecule has 0 N–H and O–H groups in total. The fourth-order valence-corrected chi connectivity index (χ4v) is 2.70. The van der Waals surface area contributed by atoms with E-state index >= 15 is 0 Å². The highest BCUT2D eigenvalue weighted by Gasteiger charge is 2.12. The first-order valence-corrected chi connectivity index (χ1v) is 7.12. The maximum Gasteiger partial charge on any atom is 0.00401 e. The van der Waals surface area contributed by atoms with E-state index in [1.165, 1.54) is 16.7 Å². The lowest BCUT2D eigenvalue weighted by Crippen LogP contribution is -2.00. The summed E-state index contributed by atoms with van der Waals surface area (Å²) in [7, 11) is 0. The summed E-state index contributed by atoms with van der Waals surface area (Å²) < 4.78 is 0. The fourth-order valence-electron chi connectivity index (χ4n) is 2.20. The summed E-state index contributed by atoms with van der Waals surface area (Å²) >= 11 is 3.55. The molecule has 1 aromatic carbocycles. The van der Waals surface area contributed by atoms with Crippen LogP contribution in [0.3, 0.4) is 0 Å². The van der Waals surface area contributed by atoms with E-state index in [0.29, 0.717) is 5.92 Å². The molecule has 0 heterocycles. The van der Waals surface area contributed by atoms with E-state index in [0.717, 1.165) is 11.8 Å². The van der Waals surface area contributed by atoms with Crippen molar-refractivity contribution in [3.05, 3.63) is 65.8 Å². The van der Waals surface area contributed by atoms with E-state index in [1.807, 2.05) is 0 Å². The minimum atomic E-state index is 0.497. The van der Waals surface area contributed by atoms with Gasteiger partial charge in [-0.15, -0.1) is 0 Å². The molecule has 0 nitrogen and oxygen atoms in total. The largest absolute Gasteiger partial charge is 0.0928 e. The van der Waals surface area contributed by atoms with Gasteiger partial charge in [-0.3, -0.25) is 0 Å². The third kappa shape index (κ3) is 2.98. The van der Waals surface area contributed by atoms with E-state index in [9.17, 15) is 0 Å². The first kappa shape index (κ1) is 12.4. The van der Waals surface area contributed by atoms with Gasteiger partial charge in [0.25, 0.3) is 0 Å². The third-order valence-corrected chi connectivity index (χ3v) is 3.57.